The third-order valence-electron chi connectivity index (χ3n) is 14.9. The zero-order valence-corrected chi connectivity index (χ0v) is 48.1. The molecule has 1 aromatic rings. The van der Waals surface area contributed by atoms with E-state index in [9.17, 15) is 67.7 Å². The summed E-state index contributed by atoms with van der Waals surface area (Å²) < 4.78 is 53.7. The fourth-order valence-corrected chi connectivity index (χ4v) is 12.9. The maximum Gasteiger partial charge on any atom is 0.360 e. The average molecular weight is 1150 g/mol. The number of nitrogens with one attached hydrogen (secondary N) is 3. The van der Waals surface area contributed by atoms with E-state index in [0.717, 1.165) is 11.4 Å². The van der Waals surface area contributed by atoms with E-state index in [-0.39, 0.29) is 50.7 Å². The average Bonchev–Trinajstić information content (AvgIpc) is 4.12. The molecule has 4 aliphatic heterocycles. The molecule has 2 amide bonds. The van der Waals surface area contributed by atoms with Crippen molar-refractivity contribution < 1.29 is 91.4 Å². The van der Waals surface area contributed by atoms with Crippen molar-refractivity contribution in [2.45, 2.75) is 123 Å². The molecule has 79 heavy (non-hydrogen) atoms. The first-order chi connectivity index (χ1) is 36.6. The third kappa shape index (κ3) is 13.6. The monoisotopic (exact) mass is 1150 g/mol. The molecule has 1 aromatic carbocycles. The molecule has 1 aliphatic carbocycles. The van der Waals surface area contributed by atoms with Gasteiger partial charge in [0.25, 0.3) is 11.7 Å². The summed E-state index contributed by atoms with van der Waals surface area (Å²) in [7, 11) is -8.43. The number of methoxy groups -OCH3 is 1. The Kier molecular flexibility index (Phi) is 19.2. The summed E-state index contributed by atoms with van der Waals surface area (Å²) in [6.07, 6.45) is 3.47. The highest BCUT2D eigenvalue weighted by molar-refractivity contribution is 7.70. The molecule has 436 valence electrons. The zero-order valence-electron chi connectivity index (χ0n) is 46.3. The van der Waals surface area contributed by atoms with Gasteiger partial charge in [0.15, 0.2) is 0 Å². The number of aliphatic hydroxyl groups is 1. The number of fused-ring (bicyclic) bond motifs is 3. The van der Waals surface area contributed by atoms with Crippen molar-refractivity contribution in [3.05, 3.63) is 69.8 Å². The van der Waals surface area contributed by atoms with E-state index in [4.69, 9.17) is 28.7 Å². The number of aromatic hydroxyl groups is 1. The summed E-state index contributed by atoms with van der Waals surface area (Å²) in [5, 5.41) is 31.9. The maximum absolute atomic E-state index is 14.9. The fraction of sp³-hybridized carbons (Fsp3) is 0.596. The SMILES string of the molecule is CO[C@H]1/C=C/O[C@@]2(C)Oc3c(C)c(O)c4c(c3C2=O)C2=NC3(CCN(CC(C)C)CC3)NC2=C(NC(=O)/C(C)=C\C=C\[C@H](C)[C@H](OC(=O)CN(C)CC(=O)NC(P(=O)(O)O)P(=O)(O)O)[C@@H](C)[C@@H](O)[C@@H](C)[C@H](OC(C)=O)[C@@H]1C)C4=O. The number of carbonyl (C=O) groups excluding carboxylic acids is 6. The standard InChI is InChI=1S/C52H74N6O19P2/c1-25(2)22-58-19-17-52(18-20-58)55-39-36-37-43(63)31(8)47-38(36)48(65)51(10,77-47)74-21-16-33(73-12)28(5)46(75-32(9)59)30(7)42(62)29(6)45(26(3)14-13-15-27(4)49(66)54-41(44(37)64)40(39)56-52)76-35(61)24-57(11)23-34(60)53-50(78(67,68)69)79(70,71)72/h13-16,21,25-26,28-30,33,42,45-46,50,56,62-63H,17-20,22-24H2,1-12H3,(H,53,60)(H,54,66)(H2,67,68,69)(H2,70,71,72)/b14-13+,21-16+,27-15-/t26-,28+,29-,30+,33-,42+,45-,46+,51-/m0/s1. The Hall–Kier alpha value is -5.59. The molecule has 1 saturated heterocycles. The van der Waals surface area contributed by atoms with Crippen LogP contribution in [0.3, 0.4) is 0 Å². The number of likely N-dealkylation sites (N-methyl/N-ethyl adjacent to an activating group) is 1. The van der Waals surface area contributed by atoms with Crippen LogP contribution in [0.1, 0.15) is 107 Å². The fourth-order valence-electron chi connectivity index (χ4n) is 10.7. The second-order valence-electron chi connectivity index (χ2n) is 21.8. The lowest BCUT2D eigenvalue weighted by Gasteiger charge is -2.39. The summed E-state index contributed by atoms with van der Waals surface area (Å²) in [6.45, 7) is 17.0. The predicted molar refractivity (Wildman–Crippen MR) is 284 cm³/mol. The lowest BCUT2D eigenvalue weighted by Crippen LogP contribution is -2.50. The van der Waals surface area contributed by atoms with Gasteiger partial charge in [-0.1, -0.05) is 59.8 Å². The molecule has 1 spiro atoms. The lowest BCUT2D eigenvalue weighted by molar-refractivity contribution is -0.165. The van der Waals surface area contributed by atoms with Crippen LogP contribution in [-0.4, -0.2) is 169 Å². The summed E-state index contributed by atoms with van der Waals surface area (Å²) in [5.41, 5.74) is -3.89. The minimum Gasteiger partial charge on any atom is -0.507 e. The van der Waals surface area contributed by atoms with E-state index in [1.165, 1.54) is 66.3 Å². The summed E-state index contributed by atoms with van der Waals surface area (Å²) >= 11 is 0. The number of benzene rings is 1. The van der Waals surface area contributed by atoms with Crippen molar-refractivity contribution in [1.82, 2.24) is 25.8 Å². The molecule has 0 saturated carbocycles. The normalized spacial score (nSPS) is 29.2. The number of ketones is 2. The van der Waals surface area contributed by atoms with Crippen LogP contribution in [0.25, 0.3) is 0 Å². The van der Waals surface area contributed by atoms with Crippen molar-refractivity contribution in [3.8, 4) is 11.5 Å². The molecule has 4 heterocycles. The van der Waals surface area contributed by atoms with Gasteiger partial charge in [-0.05, 0) is 32.9 Å². The number of nitrogens with zero attached hydrogens (tertiary/aromatic N) is 3. The molecule has 9 N–H and O–H groups in total. The quantitative estimate of drug-likeness (QED) is 0.107. The molecule has 0 aromatic heterocycles. The van der Waals surface area contributed by atoms with Crippen molar-refractivity contribution in [2.24, 2.45) is 34.6 Å². The molecule has 1 fully saturated rings. The summed E-state index contributed by atoms with van der Waals surface area (Å²) in [5.74, 6) is -10.8. The number of amides is 2. The predicted octanol–water partition coefficient (Wildman–Crippen LogP) is 2.85. The Bertz CT molecular complexity index is 2840. The van der Waals surface area contributed by atoms with E-state index in [1.807, 2.05) is 0 Å². The number of piperidine rings is 1. The summed E-state index contributed by atoms with van der Waals surface area (Å²) in [6, 6.07) is 0. The highest BCUT2D eigenvalue weighted by Gasteiger charge is 2.55. The van der Waals surface area contributed by atoms with Gasteiger partial charge in [0.05, 0.1) is 54.1 Å². The van der Waals surface area contributed by atoms with E-state index in [2.05, 4.69) is 29.4 Å². The maximum atomic E-state index is 14.9. The van der Waals surface area contributed by atoms with Crippen LogP contribution in [0.15, 0.2) is 52.5 Å². The molecule has 5 aliphatic rings. The molecule has 25 nitrogen and oxygen atoms in total. The molecule has 0 unspecified atom stereocenters. The lowest BCUT2D eigenvalue weighted by atomic mass is 9.78. The number of hydrogen-bond acceptors (Lipinski definition) is 19. The topological polar surface area (TPSA) is 359 Å². The third-order valence-corrected chi connectivity index (χ3v) is 18.3. The number of phenolic OH excluding ortho intramolecular Hbond substituents is 1. The molecule has 5 bridgehead atoms. The number of ether oxygens (including phenoxy) is 5. The van der Waals surface area contributed by atoms with Crippen LogP contribution in [0.2, 0.25) is 0 Å². The van der Waals surface area contributed by atoms with Gasteiger partial charge in [-0.3, -0.25) is 47.8 Å². The van der Waals surface area contributed by atoms with Gasteiger partial charge >= 0.3 is 32.9 Å². The Balaban J connectivity index is 1.42. The summed E-state index contributed by atoms with van der Waals surface area (Å²) in [4.78, 5) is 130. The van der Waals surface area contributed by atoms with Crippen LogP contribution in [0.4, 0.5) is 0 Å². The Morgan fingerprint density at radius 1 is 0.924 bits per heavy atom. The smallest absolute Gasteiger partial charge is 0.360 e. The van der Waals surface area contributed by atoms with Gasteiger partial charge in [0, 0.05) is 93.8 Å². The largest absolute Gasteiger partial charge is 0.507 e. The number of likely N-dealkylation sites (tertiary alicyclic amines) is 1. The van der Waals surface area contributed by atoms with Crippen molar-refractivity contribution >= 4 is 56.2 Å². The van der Waals surface area contributed by atoms with Crippen LogP contribution < -0.4 is 20.7 Å². The number of rotatable bonds is 12. The Morgan fingerprint density at radius 2 is 1.54 bits per heavy atom. The first kappa shape index (κ1) is 62.6. The highest BCUT2D eigenvalue weighted by Crippen LogP contribution is 2.58. The molecule has 6 rings (SSSR count). The second-order valence-corrected chi connectivity index (χ2v) is 25.6. The van der Waals surface area contributed by atoms with Gasteiger partial charge < -0.3 is 74.3 Å². The molecule has 27 heteroatoms. The van der Waals surface area contributed by atoms with Crippen LogP contribution in [0.5, 0.6) is 11.5 Å². The van der Waals surface area contributed by atoms with Crippen molar-refractivity contribution in [2.75, 3.05) is 46.9 Å². The first-order valence-electron chi connectivity index (χ1n) is 25.8. The second kappa shape index (κ2) is 24.2. The van der Waals surface area contributed by atoms with Crippen LogP contribution in [-0.2, 0) is 47.3 Å². The minimum atomic E-state index is -5.53. The van der Waals surface area contributed by atoms with E-state index < -0.39 is 134 Å². The number of phenols is 1. The number of hydrogen-bond donors (Lipinski definition) is 9. The highest BCUT2D eigenvalue weighted by atomic mass is 31.2. The van der Waals surface area contributed by atoms with E-state index in [1.54, 1.807) is 39.1 Å². The van der Waals surface area contributed by atoms with Crippen molar-refractivity contribution in [3.63, 3.8) is 0 Å². The first-order valence-corrected chi connectivity index (χ1v) is 29.2. The number of aliphatic imine (C=N–C) groups is 1. The molecule has 0 radical (unpaired) electrons. The van der Waals surface area contributed by atoms with E-state index in [0.29, 0.717) is 31.8 Å². The molecule has 9 atom stereocenters. The van der Waals surface area contributed by atoms with Crippen LogP contribution in [0, 0.1) is 36.5 Å². The van der Waals surface area contributed by atoms with Gasteiger partial charge in [-0.15, -0.1) is 0 Å². The van der Waals surface area contributed by atoms with Gasteiger partial charge in [0.2, 0.25) is 17.2 Å². The zero-order chi connectivity index (χ0) is 59.0. The van der Waals surface area contributed by atoms with Crippen molar-refractivity contribution in [1.29, 1.82) is 0 Å². The molecular formula is C52H74N6O19P2. The van der Waals surface area contributed by atoms with Gasteiger partial charge in [-0.25, -0.2) is 0 Å². The Morgan fingerprint density at radius 3 is 2.13 bits per heavy atom. The number of aliphatic hydroxyl groups excluding tert-OH is 1. The number of allylic oxidation sites excluding steroid dienone is 4. The van der Waals surface area contributed by atoms with Gasteiger partial charge in [0.1, 0.15) is 35.1 Å². The molecular weight excluding hydrogens is 1070 g/mol. The number of carbonyl (C=O) groups is 6. The Labute approximate surface area is 458 Å². The van der Waals surface area contributed by atoms with E-state index >= 15 is 0 Å². The van der Waals surface area contributed by atoms with Gasteiger partial charge in [-0.2, -0.15) is 0 Å². The minimum absolute atomic E-state index is 0.0151. The number of Topliss-reactive ketones (excluding diaryl/α,β-unsaturated/α-hetero) is 2. The van der Waals surface area contributed by atoms with Crippen LogP contribution >= 0.6 is 15.2 Å². The number of esters is 2.